The Hall–Kier alpha value is -2.41. The minimum atomic E-state index is -0.393. The predicted molar refractivity (Wildman–Crippen MR) is 105 cm³/mol. The first kappa shape index (κ1) is 19.4. The lowest BCUT2D eigenvalue weighted by Gasteiger charge is -2.35. The number of aromatic nitrogens is 2. The number of aryl methyl sites for hydroxylation is 1. The molecule has 2 heterocycles. The van der Waals surface area contributed by atoms with Gasteiger partial charge in [0.1, 0.15) is 5.82 Å². The van der Waals surface area contributed by atoms with Crippen LogP contribution in [0.2, 0.25) is 0 Å². The van der Waals surface area contributed by atoms with Crippen LogP contribution >= 0.6 is 0 Å². The average molecular weight is 371 g/mol. The molecule has 0 aliphatic carbocycles. The summed E-state index contributed by atoms with van der Waals surface area (Å²) in [7, 11) is 0. The van der Waals surface area contributed by atoms with Crippen LogP contribution in [-0.4, -0.2) is 52.4 Å². The zero-order valence-electron chi connectivity index (χ0n) is 16.3. The number of nitrogens with zero attached hydrogens (tertiary/aromatic N) is 2. The van der Waals surface area contributed by atoms with Crippen LogP contribution in [0.1, 0.15) is 38.1 Å². The van der Waals surface area contributed by atoms with E-state index in [9.17, 15) is 9.59 Å². The Morgan fingerprint density at radius 1 is 1.41 bits per heavy atom. The molecule has 1 saturated heterocycles. The van der Waals surface area contributed by atoms with Crippen molar-refractivity contribution in [2.45, 2.75) is 46.2 Å². The fourth-order valence-corrected chi connectivity index (χ4v) is 3.37. The molecule has 2 amide bonds. The molecule has 1 atom stereocenters. The zero-order valence-corrected chi connectivity index (χ0v) is 16.3. The molecule has 0 unspecified atom stereocenters. The lowest BCUT2D eigenvalue weighted by molar-refractivity contribution is -0.134. The van der Waals surface area contributed by atoms with Gasteiger partial charge in [0.2, 0.25) is 11.8 Å². The number of hydrogen-bond acceptors (Lipinski definition) is 4. The summed E-state index contributed by atoms with van der Waals surface area (Å²) in [6.45, 7) is 8.97. The van der Waals surface area contributed by atoms with Crippen LogP contribution < -0.4 is 10.6 Å². The number of aromatic amines is 1. The maximum atomic E-state index is 12.4. The summed E-state index contributed by atoms with van der Waals surface area (Å²) < 4.78 is 0. The smallest absolute Gasteiger partial charge is 0.237 e. The van der Waals surface area contributed by atoms with E-state index in [1.54, 1.807) is 0 Å². The second-order valence-corrected chi connectivity index (χ2v) is 7.71. The molecule has 1 aromatic heterocycles. The third kappa shape index (κ3) is 5.07. The van der Waals surface area contributed by atoms with Gasteiger partial charge < -0.3 is 15.6 Å². The molecule has 27 heavy (non-hydrogen) atoms. The van der Waals surface area contributed by atoms with Crippen molar-refractivity contribution in [2.24, 2.45) is 5.92 Å². The number of fused-ring (bicyclic) bond motifs is 1. The van der Waals surface area contributed by atoms with Crippen molar-refractivity contribution in [3.8, 4) is 0 Å². The van der Waals surface area contributed by atoms with Crippen molar-refractivity contribution in [3.05, 3.63) is 29.6 Å². The molecule has 7 nitrogen and oxygen atoms in total. The van der Waals surface area contributed by atoms with Crippen molar-refractivity contribution in [3.63, 3.8) is 0 Å². The Labute approximate surface area is 159 Å². The molecule has 146 valence electrons. The second kappa shape index (κ2) is 8.52. The molecule has 1 aliphatic heterocycles. The van der Waals surface area contributed by atoms with E-state index < -0.39 is 6.04 Å². The molecular weight excluding hydrogens is 342 g/mol. The first-order chi connectivity index (χ1) is 12.9. The van der Waals surface area contributed by atoms with Crippen LogP contribution in [-0.2, 0) is 16.1 Å². The van der Waals surface area contributed by atoms with Crippen molar-refractivity contribution >= 4 is 22.8 Å². The minimum Gasteiger partial charge on any atom is -0.353 e. The van der Waals surface area contributed by atoms with Crippen LogP contribution in [0, 0.1) is 12.8 Å². The van der Waals surface area contributed by atoms with Crippen molar-refractivity contribution in [1.29, 1.82) is 0 Å². The van der Waals surface area contributed by atoms with Gasteiger partial charge in [-0.3, -0.25) is 14.5 Å². The third-order valence-corrected chi connectivity index (χ3v) is 4.95. The molecule has 0 spiro atoms. The van der Waals surface area contributed by atoms with Gasteiger partial charge in [-0.05, 0) is 43.5 Å². The summed E-state index contributed by atoms with van der Waals surface area (Å²) in [4.78, 5) is 34.5. The summed E-state index contributed by atoms with van der Waals surface area (Å²) in [6.07, 6.45) is 1.19. The highest BCUT2D eigenvalue weighted by atomic mass is 16.2. The van der Waals surface area contributed by atoms with Gasteiger partial charge >= 0.3 is 0 Å². The fraction of sp³-hybridized carbons (Fsp3) is 0.550. The SMILES string of the molecule is Cc1ccc2nc(CNC(=O)C[C@H]3C(=O)NCCN3CCC(C)C)[nH]c2c1. The summed E-state index contributed by atoms with van der Waals surface area (Å²) in [5.74, 6) is 1.09. The molecule has 1 aromatic carbocycles. The van der Waals surface area contributed by atoms with Crippen LogP contribution in [0.25, 0.3) is 11.0 Å². The second-order valence-electron chi connectivity index (χ2n) is 7.71. The fourth-order valence-electron chi connectivity index (χ4n) is 3.37. The summed E-state index contributed by atoms with van der Waals surface area (Å²) in [5, 5.41) is 5.76. The molecule has 2 aromatic rings. The van der Waals surface area contributed by atoms with E-state index >= 15 is 0 Å². The molecular formula is C20H29N5O2. The maximum Gasteiger partial charge on any atom is 0.237 e. The Kier molecular flexibility index (Phi) is 6.11. The number of H-pyrrole nitrogens is 1. The molecule has 7 heteroatoms. The zero-order chi connectivity index (χ0) is 19.4. The van der Waals surface area contributed by atoms with Gasteiger partial charge in [-0.2, -0.15) is 0 Å². The molecule has 0 radical (unpaired) electrons. The Morgan fingerprint density at radius 2 is 2.22 bits per heavy atom. The number of amides is 2. The summed E-state index contributed by atoms with van der Waals surface area (Å²) in [5.41, 5.74) is 3.01. The highest BCUT2D eigenvalue weighted by Crippen LogP contribution is 2.14. The first-order valence-electron chi connectivity index (χ1n) is 9.66. The Balaban J connectivity index is 1.56. The van der Waals surface area contributed by atoms with Gasteiger partial charge in [0.25, 0.3) is 0 Å². The highest BCUT2D eigenvalue weighted by Gasteiger charge is 2.31. The van der Waals surface area contributed by atoms with E-state index in [-0.39, 0.29) is 18.2 Å². The number of carbonyl (C=O) groups excluding carboxylic acids is 2. The van der Waals surface area contributed by atoms with Gasteiger partial charge in [0, 0.05) is 13.1 Å². The van der Waals surface area contributed by atoms with Crippen molar-refractivity contribution in [1.82, 2.24) is 25.5 Å². The molecule has 1 aliphatic rings. The third-order valence-electron chi connectivity index (χ3n) is 4.95. The number of imidazole rings is 1. The summed E-state index contributed by atoms with van der Waals surface area (Å²) >= 11 is 0. The summed E-state index contributed by atoms with van der Waals surface area (Å²) in [6, 6.07) is 5.62. The molecule has 1 fully saturated rings. The predicted octanol–water partition coefficient (Wildman–Crippen LogP) is 1.72. The molecule has 3 N–H and O–H groups in total. The number of piperazine rings is 1. The van der Waals surface area contributed by atoms with Gasteiger partial charge in [-0.25, -0.2) is 4.98 Å². The average Bonchev–Trinajstić information content (AvgIpc) is 3.02. The van der Waals surface area contributed by atoms with Crippen LogP contribution in [0.3, 0.4) is 0 Å². The van der Waals surface area contributed by atoms with E-state index in [1.807, 2.05) is 25.1 Å². The van der Waals surface area contributed by atoms with Gasteiger partial charge in [-0.1, -0.05) is 19.9 Å². The van der Waals surface area contributed by atoms with Crippen LogP contribution in [0.4, 0.5) is 0 Å². The van der Waals surface area contributed by atoms with E-state index in [1.165, 1.54) is 0 Å². The van der Waals surface area contributed by atoms with Crippen LogP contribution in [0.5, 0.6) is 0 Å². The normalized spacial score (nSPS) is 18.1. The number of nitrogens with one attached hydrogen (secondary N) is 3. The van der Waals surface area contributed by atoms with E-state index in [4.69, 9.17) is 0 Å². The topological polar surface area (TPSA) is 90.1 Å². The quantitative estimate of drug-likeness (QED) is 0.691. The number of hydrogen-bond donors (Lipinski definition) is 3. The standard InChI is InChI=1S/C20H29N5O2/c1-13(2)6-8-25-9-7-21-20(27)17(25)11-19(26)22-12-18-23-15-5-4-14(3)10-16(15)24-18/h4-5,10,13,17H,6-9,11-12H2,1-3H3,(H,21,27)(H,22,26)(H,23,24)/t17-/m0/s1. The number of carbonyl (C=O) groups is 2. The van der Waals surface area contributed by atoms with Gasteiger partial charge in [0.15, 0.2) is 0 Å². The largest absolute Gasteiger partial charge is 0.353 e. The lowest BCUT2D eigenvalue weighted by Crippen LogP contribution is -2.56. The van der Waals surface area contributed by atoms with E-state index in [2.05, 4.69) is 39.3 Å². The number of rotatable bonds is 7. The monoisotopic (exact) mass is 371 g/mol. The molecule has 0 saturated carbocycles. The number of benzene rings is 1. The minimum absolute atomic E-state index is 0.0561. The van der Waals surface area contributed by atoms with E-state index in [0.29, 0.717) is 24.8 Å². The van der Waals surface area contributed by atoms with Gasteiger partial charge in [0.05, 0.1) is 30.0 Å². The van der Waals surface area contributed by atoms with E-state index in [0.717, 1.165) is 36.1 Å². The molecule has 0 bridgehead atoms. The Morgan fingerprint density at radius 3 is 3.00 bits per heavy atom. The van der Waals surface area contributed by atoms with Crippen molar-refractivity contribution < 1.29 is 9.59 Å². The maximum absolute atomic E-state index is 12.4. The highest BCUT2D eigenvalue weighted by molar-refractivity contribution is 5.88. The lowest BCUT2D eigenvalue weighted by atomic mass is 10.1. The first-order valence-corrected chi connectivity index (χ1v) is 9.66. The molecule has 3 rings (SSSR count). The van der Waals surface area contributed by atoms with Crippen LogP contribution in [0.15, 0.2) is 18.2 Å². The van der Waals surface area contributed by atoms with Crippen molar-refractivity contribution in [2.75, 3.05) is 19.6 Å². The Bertz CT molecular complexity index is 814. The van der Waals surface area contributed by atoms with Gasteiger partial charge in [-0.15, -0.1) is 0 Å².